The molecule has 0 aliphatic heterocycles. The molecule has 3 aromatic rings. The van der Waals surface area contributed by atoms with Crippen LogP contribution in [0.25, 0.3) is 5.69 Å². The smallest absolute Gasteiger partial charge is 0.172 e. The van der Waals surface area contributed by atoms with E-state index in [2.05, 4.69) is 10.3 Å². The molecule has 0 aliphatic carbocycles. The third kappa shape index (κ3) is 2.85. The van der Waals surface area contributed by atoms with E-state index in [0.717, 1.165) is 0 Å². The number of rotatable bonds is 5. The Morgan fingerprint density at radius 1 is 1.09 bits per heavy atom. The molecule has 3 rings (SSSR count). The molecule has 0 unspecified atom stereocenters. The average Bonchev–Trinajstić information content (AvgIpc) is 2.97. The summed E-state index contributed by atoms with van der Waals surface area (Å²) < 4.78 is 20.1. The van der Waals surface area contributed by atoms with Crippen LogP contribution in [0.2, 0.25) is 0 Å². The van der Waals surface area contributed by atoms with Gasteiger partial charge in [0.2, 0.25) is 0 Å². The molecule has 0 saturated heterocycles. The average molecular weight is 297 g/mol. The minimum atomic E-state index is -0.346. The largest absolute Gasteiger partial charge is 0.487 e. The van der Waals surface area contributed by atoms with E-state index in [0.29, 0.717) is 23.4 Å². The maximum atomic E-state index is 13.0. The number of para-hydroxylation sites is 1. The Morgan fingerprint density at radius 2 is 1.82 bits per heavy atom. The monoisotopic (exact) mass is 297 g/mol. The zero-order valence-electron chi connectivity index (χ0n) is 11.5. The minimum absolute atomic E-state index is 0.127. The van der Waals surface area contributed by atoms with Crippen LogP contribution in [0.3, 0.4) is 0 Å². The molecular weight excluding hydrogens is 285 g/mol. The Hall–Kier alpha value is -3.02. The van der Waals surface area contributed by atoms with Gasteiger partial charge >= 0.3 is 0 Å². The molecule has 6 heteroatoms. The molecule has 2 aromatic carbocycles. The number of aromatic nitrogens is 3. The first-order valence-corrected chi connectivity index (χ1v) is 6.61. The number of ether oxygens (including phenoxy) is 1. The van der Waals surface area contributed by atoms with Crippen molar-refractivity contribution in [1.82, 2.24) is 15.0 Å². The van der Waals surface area contributed by atoms with Gasteiger partial charge in [-0.3, -0.25) is 4.79 Å². The maximum absolute atomic E-state index is 13.0. The first-order chi connectivity index (χ1) is 10.8. The number of benzene rings is 2. The predicted octanol–water partition coefficient (Wildman–Crippen LogP) is 2.80. The molecule has 1 heterocycles. The Labute approximate surface area is 126 Å². The second kappa shape index (κ2) is 6.17. The maximum Gasteiger partial charge on any atom is 0.172 e. The van der Waals surface area contributed by atoms with Crippen LogP contribution < -0.4 is 4.74 Å². The summed E-state index contributed by atoms with van der Waals surface area (Å²) in [5.41, 5.74) is 1.30. The number of carbonyl (C=O) groups excluding carboxylic acids is 1. The summed E-state index contributed by atoms with van der Waals surface area (Å²) in [6.45, 7) is 0.127. The molecule has 0 amide bonds. The van der Waals surface area contributed by atoms with Crippen LogP contribution in [0, 0.1) is 5.82 Å². The van der Waals surface area contributed by atoms with Gasteiger partial charge < -0.3 is 4.74 Å². The number of aldehydes is 1. The van der Waals surface area contributed by atoms with Crippen LogP contribution in [-0.4, -0.2) is 21.3 Å². The van der Waals surface area contributed by atoms with Gasteiger partial charge in [0.1, 0.15) is 23.9 Å². The number of carbonyl (C=O) groups is 1. The molecular formula is C16H12FN3O2. The van der Waals surface area contributed by atoms with Crippen molar-refractivity contribution < 1.29 is 13.9 Å². The van der Waals surface area contributed by atoms with Gasteiger partial charge in [0.25, 0.3) is 0 Å². The summed E-state index contributed by atoms with van der Waals surface area (Å²) in [6.07, 6.45) is 0.622. The van der Waals surface area contributed by atoms with Gasteiger partial charge in [0, 0.05) is 0 Å². The van der Waals surface area contributed by atoms with Crippen LogP contribution in [0.4, 0.5) is 4.39 Å². The normalized spacial score (nSPS) is 10.4. The first kappa shape index (κ1) is 13.9. The lowest BCUT2D eigenvalue weighted by Crippen LogP contribution is -2.07. The molecule has 0 aliphatic rings. The summed E-state index contributed by atoms with van der Waals surface area (Å²) in [5.74, 6) is 0.327. The van der Waals surface area contributed by atoms with Crippen LogP contribution in [0.5, 0.6) is 5.75 Å². The Kier molecular flexibility index (Phi) is 3.91. The van der Waals surface area contributed by atoms with Crippen LogP contribution in [-0.2, 0) is 6.61 Å². The van der Waals surface area contributed by atoms with Crippen molar-refractivity contribution in [1.29, 1.82) is 0 Å². The lowest BCUT2D eigenvalue weighted by Gasteiger charge is -2.09. The van der Waals surface area contributed by atoms with Gasteiger partial charge in [-0.05, 0) is 36.4 Å². The topological polar surface area (TPSA) is 57.0 Å². The van der Waals surface area contributed by atoms with Gasteiger partial charge in [-0.25, -0.2) is 9.07 Å². The van der Waals surface area contributed by atoms with Gasteiger partial charge in [-0.15, -0.1) is 5.10 Å². The predicted molar refractivity (Wildman–Crippen MR) is 77.5 cm³/mol. The number of hydrogen-bond acceptors (Lipinski definition) is 4. The second-order valence-electron chi connectivity index (χ2n) is 4.53. The number of halogens is 1. The van der Waals surface area contributed by atoms with Crippen molar-refractivity contribution in [3.63, 3.8) is 0 Å². The molecule has 0 saturated carbocycles. The standard InChI is InChI=1S/C16H12FN3O2/c17-12-6-8-13(9-7-12)20-16(15(10-21)18-19-20)11-22-14-4-2-1-3-5-14/h1-10H,11H2. The Balaban J connectivity index is 1.90. The summed E-state index contributed by atoms with van der Waals surface area (Å²) in [4.78, 5) is 11.1. The molecule has 5 nitrogen and oxygen atoms in total. The van der Waals surface area contributed by atoms with Crippen molar-refractivity contribution >= 4 is 6.29 Å². The van der Waals surface area contributed by atoms with Crippen molar-refractivity contribution in [2.24, 2.45) is 0 Å². The van der Waals surface area contributed by atoms with Crippen molar-refractivity contribution in [2.45, 2.75) is 6.61 Å². The molecule has 1 aromatic heterocycles. The van der Waals surface area contributed by atoms with E-state index < -0.39 is 0 Å². The molecule has 0 spiro atoms. The molecule has 0 fully saturated rings. The molecule has 110 valence electrons. The molecule has 0 radical (unpaired) electrons. The molecule has 22 heavy (non-hydrogen) atoms. The van der Waals surface area contributed by atoms with Gasteiger partial charge in [0.05, 0.1) is 5.69 Å². The van der Waals surface area contributed by atoms with E-state index in [4.69, 9.17) is 4.74 Å². The van der Waals surface area contributed by atoms with E-state index in [-0.39, 0.29) is 18.1 Å². The third-order valence-electron chi connectivity index (χ3n) is 3.09. The zero-order valence-corrected chi connectivity index (χ0v) is 11.5. The summed E-state index contributed by atoms with van der Waals surface area (Å²) in [5, 5.41) is 7.75. The lowest BCUT2D eigenvalue weighted by molar-refractivity contribution is 0.111. The summed E-state index contributed by atoms with van der Waals surface area (Å²) in [7, 11) is 0. The highest BCUT2D eigenvalue weighted by atomic mass is 19.1. The van der Waals surface area contributed by atoms with Gasteiger partial charge in [-0.1, -0.05) is 23.4 Å². The fourth-order valence-electron chi connectivity index (χ4n) is 2.00. The number of nitrogens with zero attached hydrogens (tertiary/aromatic N) is 3. The lowest BCUT2D eigenvalue weighted by atomic mass is 10.3. The van der Waals surface area contributed by atoms with Crippen LogP contribution >= 0.6 is 0 Å². The summed E-state index contributed by atoms with van der Waals surface area (Å²) in [6, 6.07) is 15.0. The van der Waals surface area contributed by atoms with E-state index in [1.54, 1.807) is 12.1 Å². The van der Waals surface area contributed by atoms with Crippen LogP contribution in [0.15, 0.2) is 54.6 Å². The minimum Gasteiger partial charge on any atom is -0.487 e. The Bertz CT molecular complexity index is 770. The van der Waals surface area contributed by atoms with E-state index in [9.17, 15) is 9.18 Å². The van der Waals surface area contributed by atoms with Crippen molar-refractivity contribution in [3.8, 4) is 11.4 Å². The zero-order chi connectivity index (χ0) is 15.4. The molecule has 0 N–H and O–H groups in total. The van der Waals surface area contributed by atoms with Crippen molar-refractivity contribution in [3.05, 3.63) is 71.8 Å². The quantitative estimate of drug-likeness (QED) is 0.679. The highest BCUT2D eigenvalue weighted by molar-refractivity contribution is 5.73. The van der Waals surface area contributed by atoms with Gasteiger partial charge in [-0.2, -0.15) is 0 Å². The SMILES string of the molecule is O=Cc1nnn(-c2ccc(F)cc2)c1COc1ccccc1. The Morgan fingerprint density at radius 3 is 2.50 bits per heavy atom. The second-order valence-corrected chi connectivity index (χ2v) is 4.53. The summed E-state index contributed by atoms with van der Waals surface area (Å²) >= 11 is 0. The third-order valence-corrected chi connectivity index (χ3v) is 3.09. The fraction of sp³-hybridized carbons (Fsp3) is 0.0625. The number of hydrogen-bond donors (Lipinski definition) is 0. The highest BCUT2D eigenvalue weighted by Crippen LogP contribution is 2.16. The molecule has 0 bridgehead atoms. The molecule has 0 atom stereocenters. The van der Waals surface area contributed by atoms with Crippen LogP contribution in [0.1, 0.15) is 16.2 Å². The van der Waals surface area contributed by atoms with E-state index >= 15 is 0 Å². The van der Waals surface area contributed by atoms with E-state index in [1.807, 2.05) is 30.3 Å². The van der Waals surface area contributed by atoms with Gasteiger partial charge in [0.15, 0.2) is 12.0 Å². The fourth-order valence-corrected chi connectivity index (χ4v) is 2.00. The van der Waals surface area contributed by atoms with Crippen molar-refractivity contribution in [2.75, 3.05) is 0 Å². The highest BCUT2D eigenvalue weighted by Gasteiger charge is 2.14. The van der Waals surface area contributed by atoms with E-state index in [1.165, 1.54) is 16.8 Å². The first-order valence-electron chi connectivity index (χ1n) is 6.61.